The van der Waals surface area contributed by atoms with Crippen LogP contribution in [0.1, 0.15) is 31.5 Å². The van der Waals surface area contributed by atoms with Gasteiger partial charge in [0.25, 0.3) is 0 Å². The van der Waals surface area contributed by atoms with Crippen LogP contribution in [0.5, 0.6) is 0 Å². The Kier molecular flexibility index (Phi) is 5.01. The highest BCUT2D eigenvalue weighted by molar-refractivity contribution is 5.63. The maximum Gasteiger partial charge on any atom is 0.128 e. The van der Waals surface area contributed by atoms with Gasteiger partial charge in [0, 0.05) is 30.1 Å². The molecule has 2 aromatic rings. The molecular formula is C18H24N4. The van der Waals surface area contributed by atoms with Crippen molar-refractivity contribution in [1.29, 1.82) is 0 Å². The molecule has 22 heavy (non-hydrogen) atoms. The summed E-state index contributed by atoms with van der Waals surface area (Å²) in [6.07, 6.45) is 10.0. The molecule has 4 heteroatoms. The SMILES string of the molecule is Nc1ccc(-c2cnc(CCCN3CCCCC3)nc2)cc1. The molecule has 116 valence electrons. The molecule has 0 spiro atoms. The van der Waals surface area contributed by atoms with Crippen LogP contribution in [0.2, 0.25) is 0 Å². The molecule has 1 aromatic carbocycles. The van der Waals surface area contributed by atoms with Gasteiger partial charge in [0.2, 0.25) is 0 Å². The highest BCUT2D eigenvalue weighted by Crippen LogP contribution is 2.19. The van der Waals surface area contributed by atoms with E-state index < -0.39 is 0 Å². The zero-order valence-electron chi connectivity index (χ0n) is 13.0. The quantitative estimate of drug-likeness (QED) is 0.861. The molecule has 1 aromatic heterocycles. The maximum absolute atomic E-state index is 5.71. The van der Waals surface area contributed by atoms with Crippen molar-refractivity contribution < 1.29 is 0 Å². The van der Waals surface area contributed by atoms with Crippen LogP contribution in [0.15, 0.2) is 36.7 Å². The number of benzene rings is 1. The molecule has 0 bridgehead atoms. The number of rotatable bonds is 5. The summed E-state index contributed by atoms with van der Waals surface area (Å²) in [7, 11) is 0. The number of aryl methyl sites for hydroxylation is 1. The van der Waals surface area contributed by atoms with Crippen LogP contribution in [0.4, 0.5) is 5.69 Å². The average molecular weight is 296 g/mol. The van der Waals surface area contributed by atoms with E-state index in [-0.39, 0.29) is 0 Å². The normalized spacial score (nSPS) is 15.8. The van der Waals surface area contributed by atoms with E-state index in [4.69, 9.17) is 5.73 Å². The summed E-state index contributed by atoms with van der Waals surface area (Å²) in [5.41, 5.74) is 8.63. The molecule has 2 heterocycles. The first-order valence-corrected chi connectivity index (χ1v) is 8.20. The molecule has 0 amide bonds. The van der Waals surface area contributed by atoms with E-state index >= 15 is 0 Å². The van der Waals surface area contributed by atoms with Crippen LogP contribution in [0.3, 0.4) is 0 Å². The summed E-state index contributed by atoms with van der Waals surface area (Å²) in [6.45, 7) is 3.69. The second-order valence-electron chi connectivity index (χ2n) is 6.02. The van der Waals surface area contributed by atoms with Crippen LogP contribution in [0.25, 0.3) is 11.1 Å². The predicted molar refractivity (Wildman–Crippen MR) is 90.5 cm³/mol. The van der Waals surface area contributed by atoms with Crippen molar-refractivity contribution >= 4 is 5.69 Å². The number of nitrogen functional groups attached to an aromatic ring is 1. The molecule has 3 rings (SSSR count). The van der Waals surface area contributed by atoms with Gasteiger partial charge in [-0.3, -0.25) is 0 Å². The third kappa shape index (κ3) is 4.04. The van der Waals surface area contributed by atoms with E-state index in [9.17, 15) is 0 Å². The molecule has 0 aliphatic carbocycles. The Morgan fingerprint density at radius 1 is 0.909 bits per heavy atom. The smallest absolute Gasteiger partial charge is 0.128 e. The summed E-state index contributed by atoms with van der Waals surface area (Å²) in [5.74, 6) is 0.941. The average Bonchev–Trinajstić information content (AvgIpc) is 2.57. The van der Waals surface area contributed by atoms with Crippen molar-refractivity contribution in [3.8, 4) is 11.1 Å². The number of hydrogen-bond donors (Lipinski definition) is 1. The minimum atomic E-state index is 0.777. The lowest BCUT2D eigenvalue weighted by Crippen LogP contribution is -2.30. The third-order valence-electron chi connectivity index (χ3n) is 4.27. The number of aromatic nitrogens is 2. The van der Waals surface area contributed by atoms with Crippen LogP contribution >= 0.6 is 0 Å². The van der Waals surface area contributed by atoms with Crippen LogP contribution in [0, 0.1) is 0 Å². The van der Waals surface area contributed by atoms with E-state index in [1.54, 1.807) is 0 Å². The van der Waals surface area contributed by atoms with E-state index in [1.807, 2.05) is 36.7 Å². The van der Waals surface area contributed by atoms with E-state index in [0.717, 1.165) is 35.5 Å². The van der Waals surface area contributed by atoms with Crippen molar-refractivity contribution in [2.45, 2.75) is 32.1 Å². The Balaban J connectivity index is 1.51. The molecule has 0 unspecified atom stereocenters. The summed E-state index contributed by atoms with van der Waals surface area (Å²) in [6, 6.07) is 7.82. The maximum atomic E-state index is 5.71. The number of likely N-dealkylation sites (tertiary alicyclic amines) is 1. The Labute approximate surface area is 132 Å². The van der Waals surface area contributed by atoms with Crippen LogP contribution < -0.4 is 5.73 Å². The Bertz CT molecular complexity index is 571. The lowest BCUT2D eigenvalue weighted by molar-refractivity contribution is 0.226. The topological polar surface area (TPSA) is 55.0 Å². The second kappa shape index (κ2) is 7.36. The minimum absolute atomic E-state index is 0.777. The van der Waals surface area contributed by atoms with E-state index in [0.29, 0.717) is 0 Å². The van der Waals surface area contributed by atoms with Gasteiger partial charge in [-0.2, -0.15) is 0 Å². The first-order chi connectivity index (χ1) is 10.8. The third-order valence-corrected chi connectivity index (χ3v) is 4.27. The second-order valence-corrected chi connectivity index (χ2v) is 6.02. The monoisotopic (exact) mass is 296 g/mol. The molecule has 1 aliphatic rings. The molecule has 2 N–H and O–H groups in total. The van der Waals surface area contributed by atoms with Gasteiger partial charge in [0.05, 0.1) is 0 Å². The number of nitrogens with zero attached hydrogens (tertiary/aromatic N) is 3. The lowest BCUT2D eigenvalue weighted by Gasteiger charge is -2.26. The fraction of sp³-hybridized carbons (Fsp3) is 0.444. The number of anilines is 1. The highest BCUT2D eigenvalue weighted by atomic mass is 15.1. The van der Waals surface area contributed by atoms with E-state index in [1.165, 1.54) is 38.9 Å². The summed E-state index contributed by atoms with van der Waals surface area (Å²) in [4.78, 5) is 11.6. The lowest BCUT2D eigenvalue weighted by atomic mass is 10.1. The van der Waals surface area contributed by atoms with Crippen molar-refractivity contribution in [2.75, 3.05) is 25.4 Å². The number of hydrogen-bond acceptors (Lipinski definition) is 4. The van der Waals surface area contributed by atoms with Gasteiger partial charge in [-0.05, 0) is 56.6 Å². The van der Waals surface area contributed by atoms with Gasteiger partial charge in [0.15, 0.2) is 0 Å². The van der Waals surface area contributed by atoms with Gasteiger partial charge in [0.1, 0.15) is 5.82 Å². The zero-order chi connectivity index (χ0) is 15.2. The van der Waals surface area contributed by atoms with Crippen molar-refractivity contribution in [3.05, 3.63) is 42.5 Å². The molecule has 4 nitrogen and oxygen atoms in total. The van der Waals surface area contributed by atoms with Crippen molar-refractivity contribution in [1.82, 2.24) is 14.9 Å². The summed E-state index contributed by atoms with van der Waals surface area (Å²) >= 11 is 0. The number of piperidine rings is 1. The molecule has 1 aliphatic heterocycles. The van der Waals surface area contributed by atoms with Crippen molar-refractivity contribution in [2.24, 2.45) is 0 Å². The predicted octanol–water partition coefficient (Wildman–Crippen LogP) is 3.14. The Hall–Kier alpha value is -1.94. The molecule has 1 fully saturated rings. The molecule has 0 saturated carbocycles. The molecule has 0 radical (unpaired) electrons. The standard InChI is InChI=1S/C18H24N4/c19-17-8-6-15(7-9-17)16-13-20-18(21-14-16)5-4-12-22-10-2-1-3-11-22/h6-9,13-14H,1-5,10-12,19H2. The minimum Gasteiger partial charge on any atom is -0.399 e. The highest BCUT2D eigenvalue weighted by Gasteiger charge is 2.09. The summed E-state index contributed by atoms with van der Waals surface area (Å²) < 4.78 is 0. The molecular weight excluding hydrogens is 272 g/mol. The van der Waals surface area contributed by atoms with Crippen LogP contribution in [-0.4, -0.2) is 34.5 Å². The van der Waals surface area contributed by atoms with Gasteiger partial charge in [-0.25, -0.2) is 9.97 Å². The van der Waals surface area contributed by atoms with E-state index in [2.05, 4.69) is 14.9 Å². The first-order valence-electron chi connectivity index (χ1n) is 8.20. The van der Waals surface area contributed by atoms with Gasteiger partial charge >= 0.3 is 0 Å². The first kappa shape index (κ1) is 15.0. The van der Waals surface area contributed by atoms with Crippen molar-refractivity contribution in [3.63, 3.8) is 0 Å². The zero-order valence-corrected chi connectivity index (χ0v) is 13.0. The Morgan fingerprint density at radius 2 is 1.59 bits per heavy atom. The number of nitrogens with two attached hydrogens (primary N) is 1. The fourth-order valence-corrected chi connectivity index (χ4v) is 2.95. The summed E-state index contributed by atoms with van der Waals surface area (Å²) in [5, 5.41) is 0. The molecule has 1 saturated heterocycles. The largest absolute Gasteiger partial charge is 0.399 e. The van der Waals surface area contributed by atoms with Gasteiger partial charge < -0.3 is 10.6 Å². The van der Waals surface area contributed by atoms with Crippen LogP contribution in [-0.2, 0) is 6.42 Å². The van der Waals surface area contributed by atoms with Gasteiger partial charge in [-0.15, -0.1) is 0 Å². The Morgan fingerprint density at radius 3 is 2.27 bits per heavy atom. The van der Waals surface area contributed by atoms with Gasteiger partial charge in [-0.1, -0.05) is 18.6 Å². The fourth-order valence-electron chi connectivity index (χ4n) is 2.95. The molecule has 0 atom stereocenters.